The van der Waals surface area contributed by atoms with E-state index in [2.05, 4.69) is 0 Å². The molecule has 1 saturated carbocycles. The van der Waals surface area contributed by atoms with Gasteiger partial charge in [0.2, 0.25) is 0 Å². The van der Waals surface area contributed by atoms with Gasteiger partial charge in [0.1, 0.15) is 17.7 Å². The molecular formula is C13H16F2O2. The molecule has 0 heterocycles. The van der Waals surface area contributed by atoms with E-state index in [0.717, 1.165) is 6.42 Å². The van der Waals surface area contributed by atoms with Crippen LogP contribution in [-0.2, 0) is 4.74 Å². The summed E-state index contributed by atoms with van der Waals surface area (Å²) < 4.78 is 32.8. The molecule has 0 spiro atoms. The predicted octanol–water partition coefficient (Wildman–Crippen LogP) is 2.88. The van der Waals surface area contributed by atoms with E-state index in [-0.39, 0.29) is 5.56 Å². The highest BCUT2D eigenvalue weighted by molar-refractivity contribution is 5.30. The number of ether oxygens (including phenoxy) is 1. The van der Waals surface area contributed by atoms with Crippen LogP contribution in [0.4, 0.5) is 8.78 Å². The van der Waals surface area contributed by atoms with E-state index in [0.29, 0.717) is 18.4 Å². The van der Waals surface area contributed by atoms with Gasteiger partial charge in [-0.2, -0.15) is 0 Å². The van der Waals surface area contributed by atoms with Crippen LogP contribution in [0.3, 0.4) is 0 Å². The molecule has 1 aromatic rings. The second-order valence-electron chi connectivity index (χ2n) is 4.62. The minimum atomic E-state index is -1.25. The lowest BCUT2D eigenvalue weighted by atomic mass is 9.73. The second-order valence-corrected chi connectivity index (χ2v) is 4.62. The van der Waals surface area contributed by atoms with Crippen molar-refractivity contribution in [3.63, 3.8) is 0 Å². The van der Waals surface area contributed by atoms with Gasteiger partial charge in [0.25, 0.3) is 0 Å². The van der Waals surface area contributed by atoms with Crippen LogP contribution in [0, 0.1) is 18.6 Å². The van der Waals surface area contributed by atoms with Gasteiger partial charge in [-0.3, -0.25) is 0 Å². The number of hydrogen-bond acceptors (Lipinski definition) is 2. The van der Waals surface area contributed by atoms with Gasteiger partial charge in [0.15, 0.2) is 0 Å². The zero-order valence-corrected chi connectivity index (χ0v) is 9.96. The third-order valence-electron chi connectivity index (χ3n) is 3.70. The summed E-state index contributed by atoms with van der Waals surface area (Å²) in [5.74, 6) is -1.40. The molecule has 1 unspecified atom stereocenters. The third-order valence-corrected chi connectivity index (χ3v) is 3.70. The Hall–Kier alpha value is -1.00. The third kappa shape index (κ3) is 1.85. The Bertz CT molecular complexity index is 422. The standard InChI is InChI=1S/C13H16F2O2/c1-8-4-5-9(14)10(11(8)15)12(16)13(17-2)6-3-7-13/h4-5,12,16H,3,6-7H2,1-2H3. The predicted molar refractivity (Wildman–Crippen MR) is 59.6 cm³/mol. The number of rotatable bonds is 3. The van der Waals surface area contributed by atoms with Gasteiger partial charge in [-0.15, -0.1) is 0 Å². The fraction of sp³-hybridized carbons (Fsp3) is 0.538. The van der Waals surface area contributed by atoms with Crippen LogP contribution >= 0.6 is 0 Å². The van der Waals surface area contributed by atoms with E-state index in [1.165, 1.54) is 19.2 Å². The van der Waals surface area contributed by atoms with Crippen molar-refractivity contribution in [2.45, 2.75) is 37.9 Å². The first-order valence-electron chi connectivity index (χ1n) is 5.69. The molecule has 4 heteroatoms. The van der Waals surface area contributed by atoms with Crippen molar-refractivity contribution >= 4 is 0 Å². The van der Waals surface area contributed by atoms with E-state index in [1.807, 2.05) is 0 Å². The molecule has 1 aromatic carbocycles. The van der Waals surface area contributed by atoms with E-state index >= 15 is 0 Å². The van der Waals surface area contributed by atoms with E-state index in [4.69, 9.17) is 4.74 Å². The Balaban J connectivity index is 2.43. The Kier molecular flexibility index (Phi) is 3.19. The number of hydrogen-bond donors (Lipinski definition) is 1. The highest BCUT2D eigenvalue weighted by atomic mass is 19.1. The Morgan fingerprint density at radius 1 is 1.35 bits per heavy atom. The lowest BCUT2D eigenvalue weighted by Gasteiger charge is -2.44. The maximum atomic E-state index is 13.9. The number of methoxy groups -OCH3 is 1. The van der Waals surface area contributed by atoms with Gasteiger partial charge in [0, 0.05) is 7.11 Å². The first-order valence-corrected chi connectivity index (χ1v) is 5.69. The Morgan fingerprint density at radius 2 is 2.00 bits per heavy atom. The lowest BCUT2D eigenvalue weighted by Crippen LogP contribution is -2.45. The van der Waals surface area contributed by atoms with E-state index < -0.39 is 23.3 Å². The number of aryl methyl sites for hydroxylation is 1. The normalized spacial score (nSPS) is 19.8. The molecule has 0 aromatic heterocycles. The SMILES string of the molecule is COC1(C(O)c2c(F)ccc(C)c2F)CCC1. The molecule has 1 atom stereocenters. The second kappa shape index (κ2) is 4.35. The Labute approximate surface area is 99.2 Å². The minimum absolute atomic E-state index is 0.272. The van der Waals surface area contributed by atoms with Crippen LogP contribution in [0.1, 0.15) is 36.5 Å². The van der Waals surface area contributed by atoms with Crippen molar-refractivity contribution in [2.75, 3.05) is 7.11 Å². The first-order chi connectivity index (χ1) is 8.02. The maximum absolute atomic E-state index is 13.9. The average Bonchev–Trinajstić information content (AvgIpc) is 2.23. The quantitative estimate of drug-likeness (QED) is 0.883. The van der Waals surface area contributed by atoms with E-state index in [9.17, 15) is 13.9 Å². The highest BCUT2D eigenvalue weighted by Gasteiger charge is 2.46. The molecule has 17 heavy (non-hydrogen) atoms. The monoisotopic (exact) mass is 242 g/mol. The summed E-state index contributed by atoms with van der Waals surface area (Å²) in [6, 6.07) is 2.54. The van der Waals surface area contributed by atoms with Crippen molar-refractivity contribution < 1.29 is 18.6 Å². The lowest BCUT2D eigenvalue weighted by molar-refractivity contribution is -0.153. The molecule has 0 amide bonds. The molecule has 94 valence electrons. The maximum Gasteiger partial charge on any atom is 0.134 e. The summed E-state index contributed by atoms with van der Waals surface area (Å²) in [5, 5.41) is 10.2. The van der Waals surface area contributed by atoms with Crippen LogP contribution < -0.4 is 0 Å². The summed E-state index contributed by atoms with van der Waals surface area (Å²) in [5.41, 5.74) is -0.771. The fourth-order valence-electron chi connectivity index (χ4n) is 2.31. The molecule has 2 nitrogen and oxygen atoms in total. The van der Waals surface area contributed by atoms with Crippen LogP contribution in [0.5, 0.6) is 0 Å². The average molecular weight is 242 g/mol. The van der Waals surface area contributed by atoms with Gasteiger partial charge in [-0.1, -0.05) is 6.07 Å². The molecule has 1 fully saturated rings. The topological polar surface area (TPSA) is 29.5 Å². The summed E-state index contributed by atoms with van der Waals surface area (Å²) in [6.45, 7) is 1.55. The van der Waals surface area contributed by atoms with Gasteiger partial charge in [-0.05, 0) is 37.8 Å². The molecular weight excluding hydrogens is 226 g/mol. The summed E-state index contributed by atoms with van der Waals surface area (Å²) in [6.07, 6.45) is 0.899. The van der Waals surface area contributed by atoms with Crippen molar-refractivity contribution in [2.24, 2.45) is 0 Å². The van der Waals surface area contributed by atoms with Crippen molar-refractivity contribution in [3.8, 4) is 0 Å². The molecule has 1 aliphatic carbocycles. The smallest absolute Gasteiger partial charge is 0.134 e. The van der Waals surface area contributed by atoms with Crippen molar-refractivity contribution in [1.82, 2.24) is 0 Å². The fourth-order valence-corrected chi connectivity index (χ4v) is 2.31. The minimum Gasteiger partial charge on any atom is -0.385 e. The number of benzene rings is 1. The highest BCUT2D eigenvalue weighted by Crippen LogP contribution is 2.46. The summed E-state index contributed by atoms with van der Waals surface area (Å²) in [7, 11) is 1.47. The van der Waals surface area contributed by atoms with Gasteiger partial charge < -0.3 is 9.84 Å². The molecule has 0 aliphatic heterocycles. The molecule has 1 N–H and O–H groups in total. The van der Waals surface area contributed by atoms with Crippen LogP contribution in [0.25, 0.3) is 0 Å². The number of aliphatic hydroxyl groups is 1. The molecule has 2 rings (SSSR count). The van der Waals surface area contributed by atoms with Crippen molar-refractivity contribution in [3.05, 3.63) is 34.9 Å². The summed E-state index contributed by atoms with van der Waals surface area (Å²) in [4.78, 5) is 0. The van der Waals surface area contributed by atoms with Crippen molar-refractivity contribution in [1.29, 1.82) is 0 Å². The zero-order valence-electron chi connectivity index (χ0n) is 9.96. The van der Waals surface area contributed by atoms with Crippen LogP contribution in [-0.4, -0.2) is 17.8 Å². The number of aliphatic hydroxyl groups excluding tert-OH is 1. The van der Waals surface area contributed by atoms with Crippen LogP contribution in [0.2, 0.25) is 0 Å². The molecule has 0 bridgehead atoms. The zero-order chi connectivity index (χ0) is 12.6. The largest absolute Gasteiger partial charge is 0.385 e. The van der Waals surface area contributed by atoms with E-state index in [1.54, 1.807) is 6.92 Å². The van der Waals surface area contributed by atoms with Crippen LogP contribution in [0.15, 0.2) is 12.1 Å². The Morgan fingerprint density at radius 3 is 2.47 bits per heavy atom. The first kappa shape index (κ1) is 12.5. The van der Waals surface area contributed by atoms with Gasteiger partial charge >= 0.3 is 0 Å². The van der Waals surface area contributed by atoms with Gasteiger partial charge in [-0.25, -0.2) is 8.78 Å². The molecule has 0 radical (unpaired) electrons. The summed E-state index contributed by atoms with van der Waals surface area (Å²) >= 11 is 0. The molecule has 1 aliphatic rings. The number of halogens is 2. The molecule has 0 saturated heterocycles. The van der Waals surface area contributed by atoms with Gasteiger partial charge in [0.05, 0.1) is 11.2 Å².